The summed E-state index contributed by atoms with van der Waals surface area (Å²) in [4.78, 5) is 12.7. The van der Waals surface area contributed by atoms with E-state index < -0.39 is 21.9 Å². The normalized spacial score (nSPS) is 18.0. The first-order chi connectivity index (χ1) is 12.3. The minimum Gasteiger partial charge on any atom is -0.497 e. The van der Waals surface area contributed by atoms with Crippen molar-refractivity contribution in [2.24, 2.45) is 0 Å². The maximum absolute atomic E-state index is 13.3. The fourth-order valence-corrected chi connectivity index (χ4v) is 4.94. The molecule has 0 aliphatic carbocycles. The van der Waals surface area contributed by atoms with Gasteiger partial charge in [-0.25, -0.2) is 12.8 Å². The van der Waals surface area contributed by atoms with Crippen molar-refractivity contribution in [3.8, 4) is 5.75 Å². The van der Waals surface area contributed by atoms with Crippen LogP contribution in [-0.2, 0) is 10.0 Å². The zero-order valence-corrected chi connectivity index (χ0v) is 15.6. The van der Waals surface area contributed by atoms with Gasteiger partial charge in [0, 0.05) is 12.1 Å². The van der Waals surface area contributed by atoms with Crippen LogP contribution >= 0.6 is 11.6 Å². The Hall–Kier alpha value is -1.96. The van der Waals surface area contributed by atoms with E-state index in [1.807, 2.05) is 0 Å². The molecule has 26 heavy (non-hydrogen) atoms. The number of hydrogen-bond acceptors (Lipinski definition) is 4. The molecule has 0 N–H and O–H groups in total. The number of carbonyl (C=O) groups is 1. The molecule has 0 aromatic heterocycles. The van der Waals surface area contributed by atoms with E-state index in [2.05, 4.69) is 0 Å². The summed E-state index contributed by atoms with van der Waals surface area (Å²) in [6.45, 7) is 0.226. The highest BCUT2D eigenvalue weighted by molar-refractivity contribution is 7.89. The van der Waals surface area contributed by atoms with Gasteiger partial charge < -0.3 is 4.74 Å². The molecule has 1 unspecified atom stereocenters. The molecule has 3 rings (SSSR count). The minimum atomic E-state index is -3.96. The molecular formula is C18H17ClFNO4S. The Bertz CT molecular complexity index is 931. The molecule has 8 heteroatoms. The molecule has 2 aromatic rings. The number of nitrogens with zero attached hydrogens (tertiary/aromatic N) is 1. The number of ether oxygens (including phenoxy) is 1. The molecule has 1 atom stereocenters. The topological polar surface area (TPSA) is 63.7 Å². The summed E-state index contributed by atoms with van der Waals surface area (Å²) in [6, 6.07) is 8.96. The third kappa shape index (κ3) is 3.47. The smallest absolute Gasteiger partial charge is 0.243 e. The molecule has 1 fully saturated rings. The maximum Gasteiger partial charge on any atom is 0.243 e. The van der Waals surface area contributed by atoms with Gasteiger partial charge in [-0.2, -0.15) is 4.31 Å². The van der Waals surface area contributed by atoms with Gasteiger partial charge in [0.05, 0.1) is 23.1 Å². The van der Waals surface area contributed by atoms with Gasteiger partial charge in [0.1, 0.15) is 11.6 Å². The van der Waals surface area contributed by atoms with Crippen LogP contribution in [0.5, 0.6) is 5.75 Å². The fourth-order valence-electron chi connectivity index (χ4n) is 3.01. The van der Waals surface area contributed by atoms with E-state index in [1.54, 1.807) is 24.3 Å². The Balaban J connectivity index is 1.91. The zero-order chi connectivity index (χ0) is 18.9. The number of hydrogen-bond donors (Lipinski definition) is 0. The molecule has 0 radical (unpaired) electrons. The first-order valence-corrected chi connectivity index (χ1v) is 9.81. The van der Waals surface area contributed by atoms with Crippen LogP contribution in [0.15, 0.2) is 47.4 Å². The monoisotopic (exact) mass is 397 g/mol. The average molecular weight is 398 g/mol. The van der Waals surface area contributed by atoms with Gasteiger partial charge in [-0.05, 0) is 55.3 Å². The molecule has 1 aliphatic rings. The third-order valence-corrected chi connectivity index (χ3v) is 6.57. The van der Waals surface area contributed by atoms with E-state index in [0.717, 1.165) is 18.2 Å². The molecule has 1 heterocycles. The predicted molar refractivity (Wildman–Crippen MR) is 95.6 cm³/mol. The molecule has 0 bridgehead atoms. The first kappa shape index (κ1) is 18.8. The number of ketones is 1. The molecule has 0 saturated carbocycles. The van der Waals surface area contributed by atoms with Gasteiger partial charge >= 0.3 is 0 Å². The van der Waals surface area contributed by atoms with Gasteiger partial charge in [-0.15, -0.1) is 0 Å². The average Bonchev–Trinajstić information content (AvgIpc) is 3.14. The first-order valence-electron chi connectivity index (χ1n) is 8.00. The highest BCUT2D eigenvalue weighted by Crippen LogP contribution is 2.30. The van der Waals surface area contributed by atoms with Crippen molar-refractivity contribution >= 4 is 27.4 Å². The number of Topliss-reactive ketones (excluding diaryl/α,β-unsaturated/α-hetero) is 1. The van der Waals surface area contributed by atoms with E-state index in [-0.39, 0.29) is 22.2 Å². The molecule has 2 aromatic carbocycles. The Morgan fingerprint density at radius 1 is 1.23 bits per heavy atom. The second-order valence-corrected chi connectivity index (χ2v) is 8.24. The number of sulfonamides is 1. The van der Waals surface area contributed by atoms with Gasteiger partial charge in [0.25, 0.3) is 0 Å². The second kappa shape index (κ2) is 7.34. The van der Waals surface area contributed by atoms with Crippen LogP contribution in [0.1, 0.15) is 23.2 Å². The summed E-state index contributed by atoms with van der Waals surface area (Å²) in [6.07, 6.45) is 1.000. The van der Waals surface area contributed by atoms with Gasteiger partial charge in [0.2, 0.25) is 10.0 Å². The molecule has 1 aliphatic heterocycles. The molecule has 0 amide bonds. The summed E-state index contributed by atoms with van der Waals surface area (Å²) in [5, 5.41) is -0.275. The molecule has 5 nitrogen and oxygen atoms in total. The second-order valence-electron chi connectivity index (χ2n) is 5.94. The van der Waals surface area contributed by atoms with Crippen LogP contribution in [0.4, 0.5) is 4.39 Å². The van der Waals surface area contributed by atoms with Crippen LogP contribution < -0.4 is 4.74 Å². The molecule has 1 saturated heterocycles. The van der Waals surface area contributed by atoms with E-state index in [0.29, 0.717) is 24.2 Å². The van der Waals surface area contributed by atoms with Gasteiger partial charge in [0.15, 0.2) is 5.78 Å². The van der Waals surface area contributed by atoms with Crippen LogP contribution in [0, 0.1) is 5.82 Å². The van der Waals surface area contributed by atoms with Crippen LogP contribution in [-0.4, -0.2) is 38.2 Å². The van der Waals surface area contributed by atoms with Crippen molar-refractivity contribution in [1.29, 1.82) is 0 Å². The standard InChI is InChI=1S/C18H17ClFNO4S/c1-25-13-6-4-12(5-7-13)18(22)17-3-2-10-21(17)26(23,24)14-8-9-16(20)15(19)11-14/h4-9,11,17H,2-3,10H2,1H3. The zero-order valence-electron chi connectivity index (χ0n) is 14.0. The number of halogens is 2. The van der Waals surface area contributed by atoms with Crippen LogP contribution in [0.3, 0.4) is 0 Å². The molecule has 0 spiro atoms. The van der Waals surface area contributed by atoms with Gasteiger partial charge in [-0.3, -0.25) is 4.79 Å². The van der Waals surface area contributed by atoms with E-state index >= 15 is 0 Å². The summed E-state index contributed by atoms with van der Waals surface area (Å²) >= 11 is 5.71. The van der Waals surface area contributed by atoms with E-state index in [4.69, 9.17) is 16.3 Å². The van der Waals surface area contributed by atoms with Crippen molar-refractivity contribution < 1.29 is 22.3 Å². The number of rotatable bonds is 5. The fraction of sp³-hybridized carbons (Fsp3) is 0.278. The lowest BCUT2D eigenvalue weighted by Gasteiger charge is -2.23. The summed E-state index contributed by atoms with van der Waals surface area (Å²) < 4.78 is 45.4. The molecular weight excluding hydrogens is 381 g/mol. The Labute approximate surface area is 156 Å². The van der Waals surface area contributed by atoms with Crippen molar-refractivity contribution in [3.63, 3.8) is 0 Å². The van der Waals surface area contributed by atoms with Crippen molar-refractivity contribution in [2.45, 2.75) is 23.8 Å². The highest BCUT2D eigenvalue weighted by Gasteiger charge is 2.39. The van der Waals surface area contributed by atoms with Crippen molar-refractivity contribution in [2.75, 3.05) is 13.7 Å². The lowest BCUT2D eigenvalue weighted by Crippen LogP contribution is -2.40. The van der Waals surface area contributed by atoms with E-state index in [1.165, 1.54) is 11.4 Å². The van der Waals surface area contributed by atoms with Crippen molar-refractivity contribution in [3.05, 3.63) is 58.9 Å². The van der Waals surface area contributed by atoms with E-state index in [9.17, 15) is 17.6 Å². The Morgan fingerprint density at radius 3 is 2.54 bits per heavy atom. The maximum atomic E-state index is 13.3. The third-order valence-electron chi connectivity index (χ3n) is 4.38. The minimum absolute atomic E-state index is 0.127. The molecule has 138 valence electrons. The van der Waals surface area contributed by atoms with Crippen molar-refractivity contribution in [1.82, 2.24) is 4.31 Å². The van der Waals surface area contributed by atoms with Gasteiger partial charge in [-0.1, -0.05) is 11.6 Å². The number of benzene rings is 2. The quantitative estimate of drug-likeness (QED) is 0.724. The van der Waals surface area contributed by atoms with Crippen LogP contribution in [0.25, 0.3) is 0 Å². The Kier molecular flexibility index (Phi) is 5.32. The van der Waals surface area contributed by atoms with Crippen LogP contribution in [0.2, 0.25) is 5.02 Å². The lowest BCUT2D eigenvalue weighted by atomic mass is 10.0. The predicted octanol–water partition coefficient (Wildman–Crippen LogP) is 3.52. The summed E-state index contributed by atoms with van der Waals surface area (Å²) in [7, 11) is -2.43. The largest absolute Gasteiger partial charge is 0.497 e. The number of methoxy groups -OCH3 is 1. The lowest BCUT2D eigenvalue weighted by molar-refractivity contribution is 0.0918. The highest BCUT2D eigenvalue weighted by atomic mass is 35.5. The SMILES string of the molecule is COc1ccc(C(=O)C2CCCN2S(=O)(=O)c2ccc(F)c(Cl)c2)cc1. The summed E-state index contributed by atoms with van der Waals surface area (Å²) in [5.41, 5.74) is 0.412. The Morgan fingerprint density at radius 2 is 1.92 bits per heavy atom. The number of carbonyl (C=O) groups excluding carboxylic acids is 1. The summed E-state index contributed by atoms with van der Waals surface area (Å²) in [5.74, 6) is -0.363.